The van der Waals surface area contributed by atoms with Crippen LogP contribution in [0.2, 0.25) is 0 Å². The van der Waals surface area contributed by atoms with Gasteiger partial charge in [0.2, 0.25) is 5.91 Å². The lowest BCUT2D eigenvalue weighted by Gasteiger charge is -2.40. The molecule has 3 heteroatoms. The van der Waals surface area contributed by atoms with Gasteiger partial charge >= 0.3 is 0 Å². The van der Waals surface area contributed by atoms with Crippen molar-refractivity contribution in [2.75, 3.05) is 26.7 Å². The number of rotatable bonds is 2. The lowest BCUT2D eigenvalue weighted by molar-refractivity contribution is -0.137. The Hall–Kier alpha value is -1.35. The maximum Gasteiger partial charge on any atom is 0.225 e. The zero-order valence-electron chi connectivity index (χ0n) is 11.5. The zero-order chi connectivity index (χ0) is 13.1. The van der Waals surface area contributed by atoms with Crippen molar-refractivity contribution in [3.05, 3.63) is 35.9 Å². The Bertz CT molecular complexity index is 402. The molecule has 0 aliphatic carbocycles. The minimum Gasteiger partial charge on any atom is -0.339 e. The molecule has 2 rings (SSSR count). The van der Waals surface area contributed by atoms with Crippen LogP contribution in [0.5, 0.6) is 0 Å². The predicted molar refractivity (Wildman–Crippen MR) is 73.2 cm³/mol. The van der Waals surface area contributed by atoms with Crippen molar-refractivity contribution in [1.29, 1.82) is 0 Å². The molecule has 0 radical (unpaired) electrons. The van der Waals surface area contributed by atoms with E-state index in [1.54, 1.807) is 0 Å². The van der Waals surface area contributed by atoms with Crippen LogP contribution < -0.4 is 0 Å². The monoisotopic (exact) mass is 246 g/mol. The Kier molecular flexibility index (Phi) is 4.02. The SMILES string of the molecule is CC(C)C(=O)N1CCN(C)[C@H](c2ccccc2)C1. The average Bonchev–Trinajstić information content (AvgIpc) is 2.39. The van der Waals surface area contributed by atoms with Gasteiger partial charge in [-0.1, -0.05) is 44.2 Å². The number of likely N-dealkylation sites (N-methyl/N-ethyl adjacent to an activating group) is 1. The number of nitrogens with zero attached hydrogens (tertiary/aromatic N) is 2. The number of piperazine rings is 1. The van der Waals surface area contributed by atoms with E-state index >= 15 is 0 Å². The maximum absolute atomic E-state index is 12.1. The molecular formula is C15H22N2O. The smallest absolute Gasteiger partial charge is 0.225 e. The second-order valence-corrected chi connectivity index (χ2v) is 5.35. The summed E-state index contributed by atoms with van der Waals surface area (Å²) in [6, 6.07) is 10.8. The minimum absolute atomic E-state index is 0.0878. The van der Waals surface area contributed by atoms with E-state index in [0.717, 1.165) is 19.6 Å². The molecule has 1 aliphatic rings. The van der Waals surface area contributed by atoms with Crippen LogP contribution in [0.4, 0.5) is 0 Å². The largest absolute Gasteiger partial charge is 0.339 e. The van der Waals surface area contributed by atoms with Crippen LogP contribution in [0.15, 0.2) is 30.3 Å². The van der Waals surface area contributed by atoms with E-state index in [1.165, 1.54) is 5.56 Å². The quantitative estimate of drug-likeness (QED) is 0.798. The summed E-state index contributed by atoms with van der Waals surface area (Å²) in [5.74, 6) is 0.355. The van der Waals surface area contributed by atoms with Crippen LogP contribution in [-0.2, 0) is 4.79 Å². The van der Waals surface area contributed by atoms with Gasteiger partial charge in [0.1, 0.15) is 0 Å². The van der Waals surface area contributed by atoms with Crippen molar-refractivity contribution >= 4 is 5.91 Å². The molecular weight excluding hydrogens is 224 g/mol. The van der Waals surface area contributed by atoms with Gasteiger partial charge in [0.15, 0.2) is 0 Å². The van der Waals surface area contributed by atoms with Gasteiger partial charge in [0.25, 0.3) is 0 Å². The molecule has 1 fully saturated rings. The molecule has 1 saturated heterocycles. The van der Waals surface area contributed by atoms with Gasteiger partial charge in [-0.25, -0.2) is 0 Å². The van der Waals surface area contributed by atoms with Gasteiger partial charge in [-0.3, -0.25) is 9.69 Å². The van der Waals surface area contributed by atoms with Crippen LogP contribution in [0.3, 0.4) is 0 Å². The van der Waals surface area contributed by atoms with Gasteiger partial charge in [-0.15, -0.1) is 0 Å². The summed E-state index contributed by atoms with van der Waals surface area (Å²) < 4.78 is 0. The first-order valence-electron chi connectivity index (χ1n) is 6.63. The lowest BCUT2D eigenvalue weighted by atomic mass is 10.0. The Morgan fingerprint density at radius 1 is 1.22 bits per heavy atom. The van der Waals surface area contributed by atoms with E-state index in [2.05, 4.69) is 36.2 Å². The normalized spacial score (nSPS) is 21.3. The second kappa shape index (κ2) is 5.53. The summed E-state index contributed by atoms with van der Waals surface area (Å²) in [7, 11) is 2.13. The number of hydrogen-bond acceptors (Lipinski definition) is 2. The van der Waals surface area contributed by atoms with Crippen molar-refractivity contribution in [2.24, 2.45) is 5.92 Å². The molecule has 0 spiro atoms. The van der Waals surface area contributed by atoms with E-state index in [1.807, 2.05) is 24.8 Å². The highest BCUT2D eigenvalue weighted by atomic mass is 16.2. The van der Waals surface area contributed by atoms with Gasteiger partial charge in [-0.2, -0.15) is 0 Å². The molecule has 0 aromatic heterocycles. The van der Waals surface area contributed by atoms with Crippen LogP contribution in [0, 0.1) is 5.92 Å². The number of carbonyl (C=O) groups is 1. The molecule has 98 valence electrons. The molecule has 0 unspecified atom stereocenters. The van der Waals surface area contributed by atoms with Crippen LogP contribution in [0.1, 0.15) is 25.5 Å². The molecule has 1 atom stereocenters. The Morgan fingerprint density at radius 2 is 1.89 bits per heavy atom. The van der Waals surface area contributed by atoms with Crippen molar-refractivity contribution < 1.29 is 4.79 Å². The van der Waals surface area contributed by atoms with E-state index in [4.69, 9.17) is 0 Å². The van der Waals surface area contributed by atoms with Crippen molar-refractivity contribution in [1.82, 2.24) is 9.80 Å². The Labute approximate surface area is 109 Å². The number of carbonyl (C=O) groups excluding carboxylic acids is 1. The second-order valence-electron chi connectivity index (χ2n) is 5.35. The van der Waals surface area contributed by atoms with E-state index in [9.17, 15) is 4.79 Å². The summed E-state index contributed by atoms with van der Waals surface area (Å²) in [5.41, 5.74) is 1.29. The highest BCUT2D eigenvalue weighted by molar-refractivity contribution is 5.78. The highest BCUT2D eigenvalue weighted by Gasteiger charge is 2.29. The van der Waals surface area contributed by atoms with Crippen molar-refractivity contribution in [3.8, 4) is 0 Å². The van der Waals surface area contributed by atoms with E-state index < -0.39 is 0 Å². The van der Waals surface area contributed by atoms with Gasteiger partial charge in [0.05, 0.1) is 6.04 Å². The average molecular weight is 246 g/mol. The molecule has 0 saturated carbocycles. The summed E-state index contributed by atoms with van der Waals surface area (Å²) in [6.45, 7) is 6.53. The topological polar surface area (TPSA) is 23.6 Å². The molecule has 1 amide bonds. The molecule has 1 heterocycles. The first-order chi connectivity index (χ1) is 8.59. The van der Waals surface area contributed by atoms with E-state index in [-0.39, 0.29) is 11.8 Å². The molecule has 1 aliphatic heterocycles. The number of amides is 1. The third-order valence-electron chi connectivity index (χ3n) is 3.64. The highest BCUT2D eigenvalue weighted by Crippen LogP contribution is 2.24. The Balaban J connectivity index is 2.13. The maximum atomic E-state index is 12.1. The third-order valence-corrected chi connectivity index (χ3v) is 3.64. The van der Waals surface area contributed by atoms with Crippen LogP contribution in [-0.4, -0.2) is 42.4 Å². The first kappa shape index (κ1) is 13.1. The lowest BCUT2D eigenvalue weighted by Crippen LogP contribution is -2.50. The molecule has 1 aromatic rings. The van der Waals surface area contributed by atoms with Crippen LogP contribution in [0.25, 0.3) is 0 Å². The van der Waals surface area contributed by atoms with Crippen molar-refractivity contribution in [2.45, 2.75) is 19.9 Å². The molecule has 0 N–H and O–H groups in total. The summed E-state index contributed by atoms with van der Waals surface area (Å²) in [6.07, 6.45) is 0. The summed E-state index contributed by atoms with van der Waals surface area (Å²) in [4.78, 5) is 16.4. The molecule has 1 aromatic carbocycles. The standard InChI is InChI=1S/C15H22N2O/c1-12(2)15(18)17-10-9-16(3)14(11-17)13-7-5-4-6-8-13/h4-8,12,14H,9-11H2,1-3H3/t14-/m0/s1. The summed E-state index contributed by atoms with van der Waals surface area (Å²) in [5, 5.41) is 0. The Morgan fingerprint density at radius 3 is 2.50 bits per heavy atom. The van der Waals surface area contributed by atoms with Gasteiger partial charge in [-0.05, 0) is 12.6 Å². The van der Waals surface area contributed by atoms with Crippen molar-refractivity contribution in [3.63, 3.8) is 0 Å². The van der Waals surface area contributed by atoms with Crippen LogP contribution >= 0.6 is 0 Å². The minimum atomic E-state index is 0.0878. The number of benzene rings is 1. The third kappa shape index (κ3) is 2.72. The fraction of sp³-hybridized carbons (Fsp3) is 0.533. The zero-order valence-corrected chi connectivity index (χ0v) is 11.5. The molecule has 3 nitrogen and oxygen atoms in total. The summed E-state index contributed by atoms with van der Waals surface area (Å²) >= 11 is 0. The first-order valence-corrected chi connectivity index (χ1v) is 6.63. The fourth-order valence-electron chi connectivity index (χ4n) is 2.47. The molecule has 18 heavy (non-hydrogen) atoms. The molecule has 0 bridgehead atoms. The predicted octanol–water partition coefficient (Wildman–Crippen LogP) is 2.16. The fourth-order valence-corrected chi connectivity index (χ4v) is 2.47. The van der Waals surface area contributed by atoms with E-state index in [0.29, 0.717) is 6.04 Å². The number of hydrogen-bond donors (Lipinski definition) is 0. The van der Waals surface area contributed by atoms with Gasteiger partial charge in [0, 0.05) is 25.6 Å². The van der Waals surface area contributed by atoms with Gasteiger partial charge < -0.3 is 4.90 Å².